The lowest BCUT2D eigenvalue weighted by Gasteiger charge is -2.22. The first-order valence-electron chi connectivity index (χ1n) is 9.73. The molecule has 2 aliphatic heterocycles. The van der Waals surface area contributed by atoms with Crippen molar-refractivity contribution in [3.05, 3.63) is 63.9 Å². The smallest absolute Gasteiger partial charge is 0.255 e. The van der Waals surface area contributed by atoms with Gasteiger partial charge in [0, 0.05) is 41.9 Å². The molecule has 1 amide bonds. The summed E-state index contributed by atoms with van der Waals surface area (Å²) in [5.74, 6) is -0.856. The number of amides is 1. The van der Waals surface area contributed by atoms with Crippen LogP contribution in [0.5, 0.6) is 0 Å². The largest absolute Gasteiger partial charge is 0.365 e. The maximum Gasteiger partial charge on any atom is 0.255 e. The zero-order valence-corrected chi connectivity index (χ0v) is 17.8. The number of hydrogen-bond acceptors (Lipinski definition) is 6. The fourth-order valence-electron chi connectivity index (χ4n) is 3.91. The van der Waals surface area contributed by atoms with Crippen LogP contribution >= 0.6 is 11.3 Å². The van der Waals surface area contributed by atoms with Gasteiger partial charge in [0.15, 0.2) is 5.13 Å². The monoisotopic (exact) mass is 445 g/mol. The number of carbonyl (C=O) groups is 2. The molecule has 2 aliphatic rings. The van der Waals surface area contributed by atoms with Gasteiger partial charge in [0.05, 0.1) is 25.1 Å². The van der Waals surface area contributed by atoms with E-state index in [0.717, 1.165) is 5.13 Å². The first-order chi connectivity index (χ1) is 14.9. The van der Waals surface area contributed by atoms with Crippen molar-refractivity contribution in [3.63, 3.8) is 0 Å². The number of aryl methyl sites for hydroxylation is 1. The van der Waals surface area contributed by atoms with Crippen LogP contribution in [0.25, 0.3) is 0 Å². The quantitative estimate of drug-likeness (QED) is 0.624. The molecule has 0 saturated heterocycles. The van der Waals surface area contributed by atoms with Gasteiger partial charge in [-0.2, -0.15) is 0 Å². The van der Waals surface area contributed by atoms with Crippen molar-refractivity contribution in [2.75, 3.05) is 12.4 Å². The molecule has 3 aromatic rings. The van der Waals surface area contributed by atoms with Gasteiger partial charge in [-0.05, 0) is 24.6 Å². The summed E-state index contributed by atoms with van der Waals surface area (Å²) < 4.78 is 29.4. The van der Waals surface area contributed by atoms with Crippen LogP contribution < -0.4 is 5.32 Å². The molecule has 2 aromatic heterocycles. The van der Waals surface area contributed by atoms with E-state index in [1.807, 2.05) is 12.4 Å². The summed E-state index contributed by atoms with van der Waals surface area (Å²) in [6.45, 7) is 1.92. The fourth-order valence-corrected chi connectivity index (χ4v) is 4.41. The van der Waals surface area contributed by atoms with Crippen LogP contribution in [0.4, 0.5) is 13.9 Å². The first kappa shape index (κ1) is 21.1. The second-order valence-corrected chi connectivity index (χ2v) is 8.30. The molecule has 2 atom stereocenters. The number of fused-ring (bicyclic) bond motifs is 2. The van der Waals surface area contributed by atoms with Crippen molar-refractivity contribution in [3.8, 4) is 0 Å². The molecule has 0 radical (unpaired) electrons. The Kier molecular flexibility index (Phi) is 5.81. The number of hydrogen-bond donors (Lipinski definition) is 1. The van der Waals surface area contributed by atoms with Gasteiger partial charge >= 0.3 is 0 Å². The molecule has 10 heteroatoms. The number of nitrogens with zero attached hydrogens (tertiary/aromatic N) is 4. The van der Waals surface area contributed by atoms with Gasteiger partial charge in [-0.25, -0.2) is 18.7 Å². The summed E-state index contributed by atoms with van der Waals surface area (Å²) in [7, 11) is 1.86. The van der Waals surface area contributed by atoms with Crippen LogP contribution in [0.3, 0.4) is 0 Å². The molecule has 0 saturated carbocycles. The van der Waals surface area contributed by atoms with E-state index in [4.69, 9.17) is 0 Å². The molecule has 7 nitrogen and oxygen atoms in total. The number of aldehydes is 1. The number of alkyl halides is 1. The summed E-state index contributed by atoms with van der Waals surface area (Å²) >= 11 is 1.60. The maximum atomic E-state index is 14.1. The first-order valence-corrected chi connectivity index (χ1v) is 10.6. The number of halogens is 2. The van der Waals surface area contributed by atoms with Gasteiger partial charge in [0.25, 0.3) is 5.91 Å². The molecule has 0 aliphatic carbocycles. The molecular weight excluding hydrogens is 424 g/mol. The lowest BCUT2D eigenvalue weighted by molar-refractivity contribution is -0.112. The Morgan fingerprint density at radius 3 is 2.81 bits per heavy atom. The molecular formula is C21H21F2N5O2S. The molecule has 1 aromatic carbocycles. The highest BCUT2D eigenvalue weighted by Crippen LogP contribution is 2.34. The molecule has 31 heavy (non-hydrogen) atoms. The Labute approximate surface area is 181 Å². The number of thiazole rings is 1. The molecule has 0 fully saturated rings. The zero-order chi connectivity index (χ0) is 22.1. The van der Waals surface area contributed by atoms with Gasteiger partial charge < -0.3 is 19.6 Å². The minimum atomic E-state index is -1.01. The van der Waals surface area contributed by atoms with Gasteiger partial charge in [0.2, 0.25) is 0 Å². The van der Waals surface area contributed by atoms with Crippen LogP contribution in [0.1, 0.15) is 38.9 Å². The lowest BCUT2D eigenvalue weighted by Crippen LogP contribution is -2.31. The number of anilines is 1. The number of benzene rings is 1. The number of imidazole rings is 1. The van der Waals surface area contributed by atoms with E-state index in [1.54, 1.807) is 35.1 Å². The summed E-state index contributed by atoms with van der Waals surface area (Å²) in [4.78, 5) is 33.8. The summed E-state index contributed by atoms with van der Waals surface area (Å²) in [6, 6.07) is 2.05. The normalized spacial score (nSPS) is 17.6. The van der Waals surface area contributed by atoms with E-state index in [0.29, 0.717) is 23.2 Å². The molecule has 1 N–H and O–H groups in total. The standard InChI is InChI=1S/C17H15F2N3O2.C4H6N2S/c1-9-2-11-12(13(19)3-9)6-22(17(11)24)15(7-23)16-14-4-10(18)5-21(14)8-20-16;1-5-4-6-2-3-7-4/h2-3,7-8,10,15H,4-6H2,1H3;2-3H,1H3,(H,5,6). The van der Waals surface area contributed by atoms with Crippen LogP contribution in [0.15, 0.2) is 30.0 Å². The third-order valence-corrected chi connectivity index (χ3v) is 6.13. The average molecular weight is 445 g/mol. The Morgan fingerprint density at radius 2 is 2.16 bits per heavy atom. The number of rotatable bonds is 4. The van der Waals surface area contributed by atoms with Crippen LogP contribution in [-0.4, -0.2) is 44.8 Å². The van der Waals surface area contributed by atoms with Gasteiger partial charge in [-0.15, -0.1) is 11.3 Å². The highest BCUT2D eigenvalue weighted by Gasteiger charge is 2.38. The SMILES string of the molecule is CNc1nccs1.Cc1cc(F)c2c(c1)C(=O)N(C(C=O)c1ncn3c1CC(F)C3)C2. The van der Waals surface area contributed by atoms with Crippen LogP contribution in [0.2, 0.25) is 0 Å². The minimum Gasteiger partial charge on any atom is -0.365 e. The predicted octanol–water partition coefficient (Wildman–Crippen LogP) is 3.31. The van der Waals surface area contributed by atoms with E-state index in [1.165, 1.54) is 17.3 Å². The summed E-state index contributed by atoms with van der Waals surface area (Å²) in [5.41, 5.74) is 2.21. The Bertz CT molecular complexity index is 1120. The van der Waals surface area contributed by atoms with Gasteiger partial charge in [-0.3, -0.25) is 4.79 Å². The second-order valence-electron chi connectivity index (χ2n) is 7.40. The van der Waals surface area contributed by atoms with E-state index < -0.39 is 23.9 Å². The van der Waals surface area contributed by atoms with Crippen LogP contribution in [-0.2, 0) is 24.3 Å². The van der Waals surface area contributed by atoms with Crippen molar-refractivity contribution in [2.24, 2.45) is 0 Å². The van der Waals surface area contributed by atoms with Gasteiger partial charge in [-0.1, -0.05) is 0 Å². The topological polar surface area (TPSA) is 80.1 Å². The van der Waals surface area contributed by atoms with Gasteiger partial charge in [0.1, 0.15) is 24.3 Å². The highest BCUT2D eigenvalue weighted by molar-refractivity contribution is 7.13. The summed E-state index contributed by atoms with van der Waals surface area (Å²) in [5, 5.41) is 5.82. The molecule has 4 heterocycles. The van der Waals surface area contributed by atoms with Crippen molar-refractivity contribution >= 4 is 28.7 Å². The zero-order valence-electron chi connectivity index (χ0n) is 17.0. The molecule has 0 spiro atoms. The second kappa shape index (κ2) is 8.54. The number of aromatic nitrogens is 3. The summed E-state index contributed by atoms with van der Waals surface area (Å²) in [6.07, 6.45) is 3.03. The molecule has 5 rings (SSSR count). The van der Waals surface area contributed by atoms with E-state index in [-0.39, 0.29) is 30.6 Å². The number of carbonyl (C=O) groups excluding carboxylic acids is 2. The van der Waals surface area contributed by atoms with E-state index in [2.05, 4.69) is 15.3 Å². The average Bonchev–Trinajstić information content (AvgIpc) is 3.51. The van der Waals surface area contributed by atoms with E-state index in [9.17, 15) is 18.4 Å². The highest BCUT2D eigenvalue weighted by atomic mass is 32.1. The Balaban J connectivity index is 0.000000282. The minimum absolute atomic E-state index is 0.00897. The molecule has 0 bridgehead atoms. The third kappa shape index (κ3) is 3.95. The molecule has 2 unspecified atom stereocenters. The van der Waals surface area contributed by atoms with E-state index >= 15 is 0 Å². The van der Waals surface area contributed by atoms with Crippen molar-refractivity contribution < 1.29 is 18.4 Å². The third-order valence-electron chi connectivity index (χ3n) is 5.34. The van der Waals surface area contributed by atoms with Crippen molar-refractivity contribution in [2.45, 2.75) is 38.6 Å². The van der Waals surface area contributed by atoms with Crippen molar-refractivity contribution in [1.82, 2.24) is 19.4 Å². The Hall–Kier alpha value is -3.14. The predicted molar refractivity (Wildman–Crippen MR) is 112 cm³/mol. The number of nitrogens with one attached hydrogen (secondary N) is 1. The lowest BCUT2D eigenvalue weighted by atomic mass is 10.1. The molecule has 162 valence electrons. The van der Waals surface area contributed by atoms with Crippen molar-refractivity contribution in [1.29, 1.82) is 0 Å². The fraction of sp³-hybridized carbons (Fsp3) is 0.333. The van der Waals surface area contributed by atoms with Crippen LogP contribution in [0, 0.1) is 12.7 Å². The maximum absolute atomic E-state index is 14.1. The Morgan fingerprint density at radius 1 is 1.35 bits per heavy atom.